The first-order valence-corrected chi connectivity index (χ1v) is 9.56. The van der Waals surface area contributed by atoms with E-state index in [0.717, 1.165) is 23.8 Å². The number of aryl methyl sites for hydroxylation is 1. The summed E-state index contributed by atoms with van der Waals surface area (Å²) in [4.78, 5) is 21.9. The molecule has 0 fully saturated rings. The molecule has 3 aromatic rings. The summed E-state index contributed by atoms with van der Waals surface area (Å²) in [6.45, 7) is 0.0768. The highest BCUT2D eigenvalue weighted by Crippen LogP contribution is 2.29. The van der Waals surface area contributed by atoms with Gasteiger partial charge >= 0.3 is 18.0 Å². The number of nitrogens with zero attached hydrogens (tertiary/aromatic N) is 1. The zero-order valence-electron chi connectivity index (χ0n) is 16.7. The Morgan fingerprint density at radius 2 is 1.88 bits per heavy atom. The lowest BCUT2D eigenvalue weighted by atomic mass is 10.1. The first kappa shape index (κ1) is 23.9. The van der Waals surface area contributed by atoms with Crippen LogP contribution in [0, 0.1) is 17.0 Å². The average Bonchev–Trinajstić information content (AvgIpc) is 2.71. The van der Waals surface area contributed by atoms with Crippen LogP contribution in [-0.2, 0) is 0 Å². The monoisotopic (exact) mass is 485 g/mol. The number of hydrogen-bond acceptors (Lipinski definition) is 6. The van der Waals surface area contributed by atoms with Crippen molar-refractivity contribution >= 4 is 45.4 Å². The Morgan fingerprint density at radius 3 is 2.55 bits per heavy atom. The molecule has 2 aromatic carbocycles. The summed E-state index contributed by atoms with van der Waals surface area (Å²) in [5.41, 5.74) is 0.363. The number of non-ortho nitro benzene ring substituents is 1. The third-order valence-electron chi connectivity index (χ3n) is 4.32. The van der Waals surface area contributed by atoms with E-state index in [0.29, 0.717) is 16.7 Å². The minimum absolute atomic E-state index is 0.0137. The topological polar surface area (TPSA) is 107 Å². The predicted octanol–water partition coefficient (Wildman–Crippen LogP) is 5.10. The van der Waals surface area contributed by atoms with E-state index in [-0.39, 0.29) is 10.8 Å². The van der Waals surface area contributed by atoms with Crippen LogP contribution in [0.1, 0.15) is 5.56 Å². The molecule has 0 radical (unpaired) electrons. The van der Waals surface area contributed by atoms with Crippen LogP contribution >= 0.6 is 12.2 Å². The highest BCUT2D eigenvalue weighted by molar-refractivity contribution is 7.80. The summed E-state index contributed by atoms with van der Waals surface area (Å²) >= 11 is 5.16. The predicted molar refractivity (Wildman–Crippen MR) is 117 cm³/mol. The van der Waals surface area contributed by atoms with Crippen LogP contribution in [-0.4, -0.2) is 29.0 Å². The van der Waals surface area contributed by atoms with Gasteiger partial charge in [0.2, 0.25) is 0 Å². The smallest absolute Gasteiger partial charge is 0.340 e. The minimum atomic E-state index is -4.43. The standard InChI is InChI=1S/C20H15F4N3O5S/c1-10-4-17(28)32-16-7-11(2-3-15(10)16)25-19(33)26-12-5-13(27(29)30)8-14(6-12)31-9-20(23,24)18(21)22/h2-8,18H,9H2,1H3,(H2,25,26,33). The van der Waals surface area contributed by atoms with Crippen molar-refractivity contribution in [2.24, 2.45) is 0 Å². The molecule has 0 aliphatic carbocycles. The Bertz CT molecular complexity index is 1280. The number of nitrogens with one attached hydrogen (secondary N) is 2. The number of nitro benzene ring substituents is 1. The molecule has 0 spiro atoms. The molecular weight excluding hydrogens is 470 g/mol. The molecule has 174 valence electrons. The van der Waals surface area contributed by atoms with Crippen LogP contribution in [0.2, 0.25) is 0 Å². The largest absolute Gasteiger partial charge is 0.487 e. The van der Waals surface area contributed by atoms with Crippen molar-refractivity contribution < 1.29 is 31.6 Å². The van der Waals surface area contributed by atoms with Crippen LogP contribution < -0.4 is 21.0 Å². The van der Waals surface area contributed by atoms with Crippen molar-refractivity contribution in [3.8, 4) is 5.75 Å². The summed E-state index contributed by atoms with van der Waals surface area (Å²) in [6, 6.07) is 9.17. The Labute approximate surface area is 188 Å². The summed E-state index contributed by atoms with van der Waals surface area (Å²) < 4.78 is 60.7. The Morgan fingerprint density at radius 1 is 1.18 bits per heavy atom. The number of ether oxygens (including phenoxy) is 1. The first-order chi connectivity index (χ1) is 15.4. The van der Waals surface area contributed by atoms with Crippen molar-refractivity contribution in [3.05, 3.63) is 68.6 Å². The van der Waals surface area contributed by atoms with Gasteiger partial charge in [0.1, 0.15) is 11.3 Å². The van der Waals surface area contributed by atoms with Crippen LogP contribution in [0.5, 0.6) is 5.75 Å². The van der Waals surface area contributed by atoms with Gasteiger partial charge in [0.25, 0.3) is 5.69 Å². The van der Waals surface area contributed by atoms with Gasteiger partial charge in [-0.3, -0.25) is 10.1 Å². The maximum Gasteiger partial charge on any atom is 0.340 e. The number of nitro groups is 1. The summed E-state index contributed by atoms with van der Waals surface area (Å²) in [7, 11) is 0. The molecule has 13 heteroatoms. The zero-order valence-corrected chi connectivity index (χ0v) is 17.6. The Balaban J connectivity index is 1.78. The van der Waals surface area contributed by atoms with Crippen molar-refractivity contribution in [1.82, 2.24) is 0 Å². The highest BCUT2D eigenvalue weighted by Gasteiger charge is 2.41. The van der Waals surface area contributed by atoms with Crippen molar-refractivity contribution in [2.45, 2.75) is 19.3 Å². The molecule has 0 amide bonds. The van der Waals surface area contributed by atoms with Gasteiger partial charge in [-0.15, -0.1) is 0 Å². The number of hydrogen-bond donors (Lipinski definition) is 2. The fraction of sp³-hybridized carbons (Fsp3) is 0.200. The van der Waals surface area contributed by atoms with E-state index in [1.54, 1.807) is 19.1 Å². The van der Waals surface area contributed by atoms with E-state index in [4.69, 9.17) is 16.6 Å². The number of fused-ring (bicyclic) bond motifs is 1. The van der Waals surface area contributed by atoms with Crippen LogP contribution in [0.3, 0.4) is 0 Å². The molecular formula is C20H15F4N3O5S. The highest BCUT2D eigenvalue weighted by atomic mass is 32.1. The second kappa shape index (κ2) is 9.40. The fourth-order valence-electron chi connectivity index (χ4n) is 2.78. The maximum absolute atomic E-state index is 13.1. The quantitative estimate of drug-likeness (QED) is 0.157. The van der Waals surface area contributed by atoms with Gasteiger partial charge < -0.3 is 19.8 Å². The molecule has 0 aliphatic heterocycles. The molecule has 0 unspecified atom stereocenters. The average molecular weight is 485 g/mol. The van der Waals surface area contributed by atoms with Gasteiger partial charge in [0.15, 0.2) is 11.7 Å². The Hall–Kier alpha value is -3.74. The van der Waals surface area contributed by atoms with E-state index >= 15 is 0 Å². The zero-order chi connectivity index (χ0) is 24.3. The SMILES string of the molecule is Cc1cc(=O)oc2cc(NC(=S)Nc3cc(OCC(F)(F)C(F)F)cc([N+](=O)[O-])c3)ccc12. The lowest BCUT2D eigenvalue weighted by Gasteiger charge is -2.17. The molecule has 3 rings (SSSR count). The van der Waals surface area contributed by atoms with Gasteiger partial charge in [-0.25, -0.2) is 13.6 Å². The summed E-state index contributed by atoms with van der Waals surface area (Å²) in [5.74, 6) is -4.86. The molecule has 33 heavy (non-hydrogen) atoms. The number of halogens is 4. The van der Waals surface area contributed by atoms with Crippen molar-refractivity contribution in [2.75, 3.05) is 17.2 Å². The number of anilines is 2. The number of benzene rings is 2. The van der Waals surface area contributed by atoms with Gasteiger partial charge in [-0.2, -0.15) is 8.78 Å². The summed E-state index contributed by atoms with van der Waals surface area (Å²) in [5, 5.41) is 17.2. The third kappa shape index (κ3) is 5.94. The second-order valence-electron chi connectivity index (χ2n) is 6.86. The lowest BCUT2D eigenvalue weighted by Crippen LogP contribution is -2.33. The first-order valence-electron chi connectivity index (χ1n) is 9.15. The van der Waals surface area contributed by atoms with Gasteiger partial charge in [-0.1, -0.05) is 0 Å². The number of alkyl halides is 4. The number of thiocarbonyl (C=S) groups is 1. The van der Waals surface area contributed by atoms with Crippen molar-refractivity contribution in [1.29, 1.82) is 0 Å². The molecule has 0 aliphatic rings. The molecule has 8 nitrogen and oxygen atoms in total. The third-order valence-corrected chi connectivity index (χ3v) is 4.52. The van der Waals surface area contributed by atoms with E-state index in [1.807, 2.05) is 0 Å². The van der Waals surface area contributed by atoms with Crippen molar-refractivity contribution in [3.63, 3.8) is 0 Å². The van der Waals surface area contributed by atoms with E-state index < -0.39 is 40.9 Å². The molecule has 1 heterocycles. The van der Waals surface area contributed by atoms with Gasteiger partial charge in [0, 0.05) is 35.3 Å². The summed E-state index contributed by atoms with van der Waals surface area (Å²) in [6.07, 6.45) is -3.96. The Kier molecular flexibility index (Phi) is 6.81. The normalized spacial score (nSPS) is 11.5. The molecule has 0 bridgehead atoms. The van der Waals surface area contributed by atoms with Gasteiger partial charge in [-0.05, 0) is 36.8 Å². The molecule has 0 saturated heterocycles. The van der Waals surface area contributed by atoms with Crippen LogP contribution in [0.4, 0.5) is 34.6 Å². The van der Waals surface area contributed by atoms with E-state index in [9.17, 15) is 32.5 Å². The second-order valence-corrected chi connectivity index (χ2v) is 7.27. The van der Waals surface area contributed by atoms with Crippen LogP contribution in [0.15, 0.2) is 51.7 Å². The molecule has 2 N–H and O–H groups in total. The minimum Gasteiger partial charge on any atom is -0.487 e. The van der Waals surface area contributed by atoms with Crippen LogP contribution in [0.25, 0.3) is 11.0 Å². The molecule has 0 atom stereocenters. The fourth-order valence-corrected chi connectivity index (χ4v) is 3.02. The van der Waals surface area contributed by atoms with Gasteiger partial charge in [0.05, 0.1) is 16.7 Å². The molecule has 0 saturated carbocycles. The van der Waals surface area contributed by atoms with E-state index in [1.165, 1.54) is 12.1 Å². The molecule has 1 aromatic heterocycles. The number of rotatable bonds is 7. The maximum atomic E-state index is 13.1. The lowest BCUT2D eigenvalue weighted by molar-refractivity contribution is -0.384. The van der Waals surface area contributed by atoms with E-state index in [2.05, 4.69) is 15.4 Å².